The highest BCUT2D eigenvalue weighted by Crippen LogP contribution is 2.40. The summed E-state index contributed by atoms with van der Waals surface area (Å²) in [5, 5.41) is 22.7. The fraction of sp³-hybridized carbons (Fsp3) is 0.0909. The second-order valence-electron chi connectivity index (χ2n) is 3.58. The number of nitro groups is 1. The number of halogens is 2. The topological polar surface area (TPSA) is 89.4 Å². The minimum Gasteiger partial charge on any atom is -0.506 e. The van der Waals surface area contributed by atoms with Gasteiger partial charge in [-0.05, 0) is 17.5 Å². The molecular formula is C11H10Cl2N2O3S. The Morgan fingerprint density at radius 3 is 2.63 bits per heavy atom. The first-order valence-corrected chi connectivity index (χ1v) is 6.23. The lowest BCUT2D eigenvalue weighted by molar-refractivity contribution is -0.385. The Morgan fingerprint density at radius 2 is 2.11 bits per heavy atom. The Kier molecular flexibility index (Phi) is 5.13. The van der Waals surface area contributed by atoms with Crippen molar-refractivity contribution in [2.75, 3.05) is 0 Å². The van der Waals surface area contributed by atoms with Crippen molar-refractivity contribution in [1.82, 2.24) is 0 Å². The number of hydrogen-bond acceptors (Lipinski definition) is 5. The van der Waals surface area contributed by atoms with Gasteiger partial charge in [0.15, 0.2) is 0 Å². The van der Waals surface area contributed by atoms with Crippen molar-refractivity contribution in [1.29, 1.82) is 0 Å². The monoisotopic (exact) mass is 320 g/mol. The number of benzene rings is 1. The van der Waals surface area contributed by atoms with Crippen molar-refractivity contribution in [2.45, 2.75) is 6.04 Å². The molecule has 0 fully saturated rings. The maximum Gasteiger partial charge on any atom is 0.278 e. The van der Waals surface area contributed by atoms with E-state index in [0.717, 1.165) is 4.88 Å². The average molecular weight is 321 g/mol. The van der Waals surface area contributed by atoms with E-state index in [2.05, 4.69) is 0 Å². The van der Waals surface area contributed by atoms with Crippen molar-refractivity contribution in [2.24, 2.45) is 5.73 Å². The first-order valence-electron chi connectivity index (χ1n) is 4.97. The summed E-state index contributed by atoms with van der Waals surface area (Å²) in [6.45, 7) is 0. The maximum atomic E-state index is 11.0. The van der Waals surface area contributed by atoms with Crippen LogP contribution in [0.1, 0.15) is 16.5 Å². The van der Waals surface area contributed by atoms with Crippen LogP contribution in [0.5, 0.6) is 5.75 Å². The fourth-order valence-electron chi connectivity index (χ4n) is 1.65. The summed E-state index contributed by atoms with van der Waals surface area (Å²) in [6.07, 6.45) is 0. The SMILES string of the molecule is Cl.N[C@H](c1cccs1)c1c([N+](=O)[O-])ccc(Cl)c1O. The van der Waals surface area contributed by atoms with Gasteiger partial charge in [0.05, 0.1) is 21.6 Å². The molecule has 5 nitrogen and oxygen atoms in total. The second-order valence-corrected chi connectivity index (χ2v) is 4.97. The fourth-order valence-corrected chi connectivity index (χ4v) is 2.55. The Morgan fingerprint density at radius 1 is 1.42 bits per heavy atom. The molecule has 1 heterocycles. The lowest BCUT2D eigenvalue weighted by Crippen LogP contribution is -2.13. The third kappa shape index (κ3) is 2.98. The largest absolute Gasteiger partial charge is 0.506 e. The van der Waals surface area contributed by atoms with Gasteiger partial charge < -0.3 is 10.8 Å². The van der Waals surface area contributed by atoms with Gasteiger partial charge in [-0.2, -0.15) is 0 Å². The van der Waals surface area contributed by atoms with Crippen LogP contribution in [-0.4, -0.2) is 10.0 Å². The Labute approximate surface area is 124 Å². The summed E-state index contributed by atoms with van der Waals surface area (Å²) >= 11 is 7.13. The number of phenolic OH excluding ortho intramolecular Hbond substituents is 1. The van der Waals surface area contributed by atoms with Crippen LogP contribution in [0.25, 0.3) is 0 Å². The summed E-state index contributed by atoms with van der Waals surface area (Å²) in [6, 6.07) is 5.28. The Balaban J connectivity index is 0.00000180. The molecule has 0 aliphatic heterocycles. The molecule has 0 amide bonds. The van der Waals surface area contributed by atoms with Crippen LogP contribution in [0, 0.1) is 10.1 Å². The van der Waals surface area contributed by atoms with Gasteiger partial charge in [0.25, 0.3) is 5.69 Å². The molecule has 0 saturated heterocycles. The third-order valence-corrected chi connectivity index (χ3v) is 3.76. The van der Waals surface area contributed by atoms with Crippen LogP contribution in [-0.2, 0) is 0 Å². The second kappa shape index (κ2) is 6.21. The molecule has 8 heteroatoms. The van der Waals surface area contributed by atoms with E-state index in [1.807, 2.05) is 5.38 Å². The van der Waals surface area contributed by atoms with Gasteiger partial charge >= 0.3 is 0 Å². The van der Waals surface area contributed by atoms with Crippen LogP contribution in [0.3, 0.4) is 0 Å². The predicted molar refractivity (Wildman–Crippen MR) is 77.4 cm³/mol. The molecule has 19 heavy (non-hydrogen) atoms. The van der Waals surface area contributed by atoms with E-state index in [-0.39, 0.29) is 34.4 Å². The van der Waals surface area contributed by atoms with Crippen LogP contribution in [0.4, 0.5) is 5.69 Å². The summed E-state index contributed by atoms with van der Waals surface area (Å²) in [4.78, 5) is 11.1. The van der Waals surface area contributed by atoms with Crippen molar-refractivity contribution in [3.8, 4) is 5.75 Å². The van der Waals surface area contributed by atoms with E-state index in [1.165, 1.54) is 23.5 Å². The smallest absolute Gasteiger partial charge is 0.278 e. The lowest BCUT2D eigenvalue weighted by atomic mass is 10.0. The number of nitro benzene ring substituents is 1. The Hall–Kier alpha value is -1.34. The summed E-state index contributed by atoms with van der Waals surface area (Å²) in [5.41, 5.74) is 5.76. The van der Waals surface area contributed by atoms with Gasteiger partial charge in [-0.15, -0.1) is 23.7 Å². The molecule has 3 N–H and O–H groups in total. The highest BCUT2D eigenvalue weighted by atomic mass is 35.5. The molecule has 1 aromatic heterocycles. The van der Waals surface area contributed by atoms with Crippen LogP contribution >= 0.6 is 35.3 Å². The number of rotatable bonds is 3. The van der Waals surface area contributed by atoms with Gasteiger partial charge in [-0.3, -0.25) is 10.1 Å². The first-order chi connectivity index (χ1) is 8.52. The normalized spacial score (nSPS) is 11.7. The summed E-state index contributed by atoms with van der Waals surface area (Å²) in [5.74, 6) is -0.341. The van der Waals surface area contributed by atoms with Crippen molar-refractivity contribution >= 4 is 41.0 Å². The molecule has 102 valence electrons. The number of aromatic hydroxyl groups is 1. The van der Waals surface area contributed by atoms with E-state index in [1.54, 1.807) is 12.1 Å². The van der Waals surface area contributed by atoms with E-state index in [0.29, 0.717) is 0 Å². The van der Waals surface area contributed by atoms with Gasteiger partial charge in [-0.25, -0.2) is 0 Å². The van der Waals surface area contributed by atoms with Crippen molar-refractivity contribution < 1.29 is 10.0 Å². The van der Waals surface area contributed by atoms with Crippen molar-refractivity contribution in [3.63, 3.8) is 0 Å². The molecule has 2 aromatic rings. The minimum atomic E-state index is -0.774. The lowest BCUT2D eigenvalue weighted by Gasteiger charge is -2.13. The van der Waals surface area contributed by atoms with E-state index < -0.39 is 11.0 Å². The van der Waals surface area contributed by atoms with Crippen LogP contribution in [0.2, 0.25) is 5.02 Å². The Bertz CT molecular complexity index is 590. The van der Waals surface area contributed by atoms with Crippen molar-refractivity contribution in [3.05, 3.63) is 55.2 Å². The highest BCUT2D eigenvalue weighted by Gasteiger charge is 2.26. The van der Waals surface area contributed by atoms with Crippen LogP contribution in [0.15, 0.2) is 29.6 Å². The zero-order valence-corrected chi connectivity index (χ0v) is 11.8. The third-order valence-electron chi connectivity index (χ3n) is 2.50. The van der Waals surface area contributed by atoms with Gasteiger partial charge in [0.2, 0.25) is 0 Å². The van der Waals surface area contributed by atoms with Gasteiger partial charge in [0.1, 0.15) is 5.75 Å². The van der Waals surface area contributed by atoms with Gasteiger partial charge in [0, 0.05) is 10.9 Å². The molecule has 2 rings (SSSR count). The maximum absolute atomic E-state index is 11.0. The molecule has 0 aliphatic rings. The molecule has 0 spiro atoms. The molecule has 0 saturated carbocycles. The number of nitrogens with zero attached hydrogens (tertiary/aromatic N) is 1. The number of thiophene rings is 1. The van der Waals surface area contributed by atoms with E-state index in [9.17, 15) is 15.2 Å². The quantitative estimate of drug-likeness (QED) is 0.669. The molecule has 1 atom stereocenters. The summed E-state index contributed by atoms with van der Waals surface area (Å²) in [7, 11) is 0. The molecule has 0 radical (unpaired) electrons. The molecule has 1 aromatic carbocycles. The standard InChI is InChI=1S/C11H9ClN2O3S.ClH/c12-6-3-4-7(14(16)17)9(11(6)15)10(13)8-2-1-5-18-8;/h1-5,10,15H,13H2;1H/t10-;/m1./s1. The summed E-state index contributed by atoms with van der Waals surface area (Å²) < 4.78 is 0. The predicted octanol–water partition coefficient (Wildman–Crippen LogP) is 3.49. The van der Waals surface area contributed by atoms with E-state index in [4.69, 9.17) is 17.3 Å². The van der Waals surface area contributed by atoms with Crippen LogP contribution < -0.4 is 5.73 Å². The number of phenols is 1. The number of hydrogen-bond donors (Lipinski definition) is 2. The minimum absolute atomic E-state index is 0. The molecule has 0 aliphatic carbocycles. The highest BCUT2D eigenvalue weighted by molar-refractivity contribution is 7.10. The van der Waals surface area contributed by atoms with Gasteiger partial charge in [-0.1, -0.05) is 17.7 Å². The van der Waals surface area contributed by atoms with E-state index >= 15 is 0 Å². The first kappa shape index (κ1) is 15.7. The zero-order chi connectivity index (χ0) is 13.3. The zero-order valence-electron chi connectivity index (χ0n) is 9.45. The molecule has 0 bridgehead atoms. The molecule has 0 unspecified atom stereocenters. The average Bonchev–Trinajstić information content (AvgIpc) is 2.84. The number of nitrogens with two attached hydrogens (primary N) is 1. The molecular weight excluding hydrogens is 311 g/mol.